The Kier molecular flexibility index (Phi) is 4.74. The fourth-order valence-electron chi connectivity index (χ4n) is 1.04. The lowest BCUT2D eigenvalue weighted by Crippen LogP contribution is -2.28. The fraction of sp³-hybridized carbons (Fsp3) is 0.444. The normalized spacial score (nSPS) is 10.9. The first-order chi connectivity index (χ1) is 6.63. The molecule has 0 amide bonds. The molecule has 0 atom stereocenters. The summed E-state index contributed by atoms with van der Waals surface area (Å²) in [5.74, 6) is 0.0941. The Hall–Kier alpha value is -0.230. The number of carbonyl (C=O) groups excluding carboxylic acids is 1. The first kappa shape index (κ1) is 11.8. The zero-order valence-corrected chi connectivity index (χ0v) is 10.3. The Morgan fingerprint density at radius 1 is 1.64 bits per heavy atom. The van der Waals surface area contributed by atoms with Crippen molar-refractivity contribution in [3.05, 3.63) is 20.8 Å². The predicted octanol–water partition coefficient (Wildman–Crippen LogP) is 1.62. The summed E-state index contributed by atoms with van der Waals surface area (Å²) in [7, 11) is 1.82. The fourth-order valence-corrected chi connectivity index (χ4v) is 2.35. The Bertz CT molecular complexity index is 314. The van der Waals surface area contributed by atoms with Crippen molar-refractivity contribution >= 4 is 33.0 Å². The van der Waals surface area contributed by atoms with Crippen LogP contribution in [0, 0.1) is 0 Å². The molecule has 1 N–H and O–H groups in total. The lowest BCUT2D eigenvalue weighted by molar-refractivity contribution is 0.0940. The number of rotatable bonds is 5. The highest BCUT2D eigenvalue weighted by atomic mass is 79.9. The van der Waals surface area contributed by atoms with Gasteiger partial charge in [0, 0.05) is 6.54 Å². The molecule has 0 spiro atoms. The van der Waals surface area contributed by atoms with Gasteiger partial charge in [0.15, 0.2) is 5.78 Å². The van der Waals surface area contributed by atoms with Gasteiger partial charge in [-0.2, -0.15) is 0 Å². The number of Topliss-reactive ketones (excluding diaryl/α,β-unsaturated/α-hetero) is 1. The van der Waals surface area contributed by atoms with E-state index in [9.17, 15) is 4.79 Å². The van der Waals surface area contributed by atoms with E-state index < -0.39 is 0 Å². The zero-order chi connectivity index (χ0) is 10.6. The Labute approximate surface area is 95.5 Å². The van der Waals surface area contributed by atoms with E-state index in [1.807, 2.05) is 19.2 Å². The summed E-state index contributed by atoms with van der Waals surface area (Å²) >= 11 is 4.74. The molecular formula is C9H12BrNO2S. The first-order valence-electron chi connectivity index (χ1n) is 4.21. The minimum absolute atomic E-state index is 0.0813. The lowest BCUT2D eigenvalue weighted by Gasteiger charge is -2.12. The van der Waals surface area contributed by atoms with Crippen LogP contribution in [-0.4, -0.2) is 42.5 Å². The van der Waals surface area contributed by atoms with E-state index in [0.717, 1.165) is 8.66 Å². The van der Waals surface area contributed by atoms with E-state index in [1.54, 1.807) is 4.90 Å². The molecule has 0 aliphatic carbocycles. The van der Waals surface area contributed by atoms with Gasteiger partial charge in [0.1, 0.15) is 0 Å². The average Bonchev–Trinajstić information content (AvgIpc) is 2.52. The quantitative estimate of drug-likeness (QED) is 0.832. The summed E-state index contributed by atoms with van der Waals surface area (Å²) < 4.78 is 0.964. The van der Waals surface area contributed by atoms with Crippen molar-refractivity contribution in [3.8, 4) is 0 Å². The number of hydrogen-bond donors (Lipinski definition) is 1. The second kappa shape index (κ2) is 5.60. The molecule has 1 heterocycles. The van der Waals surface area contributed by atoms with Gasteiger partial charge in [0.05, 0.1) is 21.8 Å². The third kappa shape index (κ3) is 3.49. The van der Waals surface area contributed by atoms with Gasteiger partial charge in [-0.15, -0.1) is 11.3 Å². The van der Waals surface area contributed by atoms with Crippen LogP contribution < -0.4 is 0 Å². The molecule has 78 valence electrons. The topological polar surface area (TPSA) is 40.5 Å². The van der Waals surface area contributed by atoms with Crippen LogP contribution in [0.2, 0.25) is 0 Å². The number of nitrogens with zero attached hydrogens (tertiary/aromatic N) is 1. The van der Waals surface area contributed by atoms with Gasteiger partial charge < -0.3 is 5.11 Å². The van der Waals surface area contributed by atoms with Gasteiger partial charge in [-0.3, -0.25) is 9.69 Å². The van der Waals surface area contributed by atoms with Crippen LogP contribution in [-0.2, 0) is 0 Å². The third-order valence-corrected chi connectivity index (χ3v) is 3.41. The van der Waals surface area contributed by atoms with E-state index in [2.05, 4.69) is 15.9 Å². The number of hydrogen-bond acceptors (Lipinski definition) is 4. The van der Waals surface area contributed by atoms with Crippen molar-refractivity contribution in [3.63, 3.8) is 0 Å². The predicted molar refractivity (Wildman–Crippen MR) is 60.9 cm³/mol. The standard InChI is InChI=1S/C9H12BrNO2S/c1-11(4-5-12)6-7(13)8-2-3-9(10)14-8/h2-3,12H,4-6H2,1H3. The summed E-state index contributed by atoms with van der Waals surface area (Å²) in [5.41, 5.74) is 0. The first-order valence-corrected chi connectivity index (χ1v) is 5.82. The maximum atomic E-state index is 11.6. The molecule has 0 unspecified atom stereocenters. The molecule has 3 nitrogen and oxygen atoms in total. The molecule has 5 heteroatoms. The van der Waals surface area contributed by atoms with E-state index in [-0.39, 0.29) is 12.4 Å². The summed E-state index contributed by atoms with van der Waals surface area (Å²) in [6.07, 6.45) is 0. The second-order valence-corrected chi connectivity index (χ2v) is 5.45. The minimum Gasteiger partial charge on any atom is -0.395 e. The average molecular weight is 278 g/mol. The van der Waals surface area contributed by atoms with Gasteiger partial charge in [-0.05, 0) is 35.1 Å². The highest BCUT2D eigenvalue weighted by molar-refractivity contribution is 9.11. The summed E-state index contributed by atoms with van der Waals surface area (Å²) in [6.45, 7) is 0.962. The van der Waals surface area contributed by atoms with Gasteiger partial charge in [0.25, 0.3) is 0 Å². The molecule has 0 radical (unpaired) electrons. The van der Waals surface area contributed by atoms with Gasteiger partial charge in [-0.1, -0.05) is 0 Å². The Balaban J connectivity index is 2.50. The second-order valence-electron chi connectivity index (χ2n) is 2.99. The van der Waals surface area contributed by atoms with Gasteiger partial charge >= 0.3 is 0 Å². The minimum atomic E-state index is 0.0813. The van der Waals surface area contributed by atoms with Crippen molar-refractivity contribution in [2.24, 2.45) is 0 Å². The van der Waals surface area contributed by atoms with E-state index in [0.29, 0.717) is 13.1 Å². The van der Waals surface area contributed by atoms with Crippen molar-refractivity contribution in [2.45, 2.75) is 0 Å². The van der Waals surface area contributed by atoms with Crippen molar-refractivity contribution < 1.29 is 9.90 Å². The van der Waals surface area contributed by atoms with Crippen LogP contribution in [0.3, 0.4) is 0 Å². The van der Waals surface area contributed by atoms with E-state index >= 15 is 0 Å². The molecule has 14 heavy (non-hydrogen) atoms. The van der Waals surface area contributed by atoms with Crippen LogP contribution in [0.25, 0.3) is 0 Å². The van der Waals surface area contributed by atoms with Gasteiger partial charge in [0.2, 0.25) is 0 Å². The third-order valence-electron chi connectivity index (χ3n) is 1.74. The highest BCUT2D eigenvalue weighted by Crippen LogP contribution is 2.22. The number of halogens is 1. The Morgan fingerprint density at radius 3 is 2.86 bits per heavy atom. The van der Waals surface area contributed by atoms with Gasteiger partial charge in [-0.25, -0.2) is 0 Å². The highest BCUT2D eigenvalue weighted by Gasteiger charge is 2.10. The molecular weight excluding hydrogens is 266 g/mol. The van der Waals surface area contributed by atoms with Crippen LogP contribution in [0.4, 0.5) is 0 Å². The number of ketones is 1. The van der Waals surface area contributed by atoms with Crippen LogP contribution in [0.15, 0.2) is 15.9 Å². The number of aliphatic hydroxyl groups excluding tert-OH is 1. The molecule has 0 aliphatic heterocycles. The van der Waals surface area contributed by atoms with Crippen LogP contribution >= 0.6 is 27.3 Å². The molecule has 0 bridgehead atoms. The summed E-state index contributed by atoms with van der Waals surface area (Å²) in [5, 5.41) is 8.67. The van der Waals surface area contributed by atoms with E-state index in [4.69, 9.17) is 5.11 Å². The summed E-state index contributed by atoms with van der Waals surface area (Å²) in [6, 6.07) is 3.67. The largest absolute Gasteiger partial charge is 0.395 e. The number of likely N-dealkylation sites (N-methyl/N-ethyl adjacent to an activating group) is 1. The summed E-state index contributed by atoms with van der Waals surface area (Å²) in [4.78, 5) is 14.2. The number of carbonyl (C=O) groups is 1. The van der Waals surface area contributed by atoms with Crippen LogP contribution in [0.1, 0.15) is 9.67 Å². The van der Waals surface area contributed by atoms with Crippen molar-refractivity contribution in [1.82, 2.24) is 4.90 Å². The zero-order valence-electron chi connectivity index (χ0n) is 7.86. The van der Waals surface area contributed by atoms with Crippen molar-refractivity contribution in [1.29, 1.82) is 0 Å². The molecule has 0 aliphatic rings. The maximum Gasteiger partial charge on any atom is 0.186 e. The van der Waals surface area contributed by atoms with E-state index in [1.165, 1.54) is 11.3 Å². The monoisotopic (exact) mass is 277 g/mol. The molecule has 0 fully saturated rings. The molecule has 1 aromatic rings. The van der Waals surface area contributed by atoms with Crippen LogP contribution in [0.5, 0.6) is 0 Å². The smallest absolute Gasteiger partial charge is 0.186 e. The maximum absolute atomic E-state index is 11.6. The number of thiophene rings is 1. The molecule has 0 saturated heterocycles. The molecule has 1 rings (SSSR count). The number of aliphatic hydroxyl groups is 1. The SMILES string of the molecule is CN(CCO)CC(=O)c1ccc(Br)s1. The molecule has 0 saturated carbocycles. The Morgan fingerprint density at radius 2 is 2.36 bits per heavy atom. The molecule has 1 aromatic heterocycles. The lowest BCUT2D eigenvalue weighted by atomic mass is 10.3. The van der Waals surface area contributed by atoms with Crippen molar-refractivity contribution in [2.75, 3.05) is 26.7 Å². The molecule has 0 aromatic carbocycles.